The normalized spacial score (nSPS) is 11.1. The summed E-state index contributed by atoms with van der Waals surface area (Å²) in [6.07, 6.45) is 20.3. The van der Waals surface area contributed by atoms with Crippen molar-refractivity contribution < 1.29 is 5.11 Å². The Morgan fingerprint density at radius 1 is 0.680 bits per heavy atom. The van der Waals surface area contributed by atoms with Crippen LogP contribution in [0, 0.1) is 0 Å². The van der Waals surface area contributed by atoms with Gasteiger partial charge in [0.15, 0.2) is 0 Å². The summed E-state index contributed by atoms with van der Waals surface area (Å²) in [5, 5.41) is 10.1. The number of para-hydroxylation sites is 1. The zero-order chi connectivity index (χ0) is 18.2. The Morgan fingerprint density at radius 3 is 1.60 bits per heavy atom. The predicted molar refractivity (Wildman–Crippen MR) is 110 cm³/mol. The first-order chi connectivity index (χ1) is 12.3. The molecule has 0 saturated heterocycles. The molecular formula is C23H41NO. The van der Waals surface area contributed by atoms with Crippen LogP contribution in [0.3, 0.4) is 0 Å². The summed E-state index contributed by atoms with van der Waals surface area (Å²) in [6.45, 7) is 2.70. The number of phenols is 1. The topological polar surface area (TPSA) is 46.2 Å². The molecule has 25 heavy (non-hydrogen) atoms. The predicted octanol–water partition coefficient (Wildman–Crippen LogP) is 6.87. The van der Waals surface area contributed by atoms with Gasteiger partial charge in [-0.15, -0.1) is 0 Å². The molecule has 0 saturated carbocycles. The molecule has 2 nitrogen and oxygen atoms in total. The van der Waals surface area contributed by atoms with Crippen LogP contribution in [-0.2, 0) is 13.0 Å². The third-order valence-corrected chi connectivity index (χ3v) is 5.22. The molecule has 0 bridgehead atoms. The fourth-order valence-electron chi connectivity index (χ4n) is 3.52. The van der Waals surface area contributed by atoms with E-state index in [1.54, 1.807) is 0 Å². The summed E-state index contributed by atoms with van der Waals surface area (Å²) in [7, 11) is 0. The van der Waals surface area contributed by atoms with Crippen molar-refractivity contribution in [3.05, 3.63) is 29.3 Å². The van der Waals surface area contributed by atoms with Gasteiger partial charge in [-0.25, -0.2) is 0 Å². The Bertz CT molecular complexity index is 430. The fourth-order valence-corrected chi connectivity index (χ4v) is 3.52. The third-order valence-electron chi connectivity index (χ3n) is 5.22. The SMILES string of the molecule is CCCCCCCCCCCCCCCCc1cccc(CN)c1O. The number of aromatic hydroxyl groups is 1. The van der Waals surface area contributed by atoms with Gasteiger partial charge in [0.2, 0.25) is 0 Å². The van der Waals surface area contributed by atoms with E-state index in [0.717, 1.165) is 17.5 Å². The van der Waals surface area contributed by atoms with Gasteiger partial charge in [0.25, 0.3) is 0 Å². The number of rotatable bonds is 16. The van der Waals surface area contributed by atoms with Crippen LogP contribution in [0.2, 0.25) is 0 Å². The maximum Gasteiger partial charge on any atom is 0.123 e. The molecular weight excluding hydrogens is 306 g/mol. The van der Waals surface area contributed by atoms with Gasteiger partial charge < -0.3 is 10.8 Å². The minimum atomic E-state index is 0.415. The van der Waals surface area contributed by atoms with Gasteiger partial charge in [-0.3, -0.25) is 0 Å². The first kappa shape index (κ1) is 22.0. The lowest BCUT2D eigenvalue weighted by Crippen LogP contribution is -1.98. The molecule has 2 heteroatoms. The van der Waals surface area contributed by atoms with Crippen LogP contribution in [-0.4, -0.2) is 5.11 Å². The number of hydrogen-bond acceptors (Lipinski definition) is 2. The smallest absolute Gasteiger partial charge is 0.123 e. The highest BCUT2D eigenvalue weighted by atomic mass is 16.3. The monoisotopic (exact) mass is 347 g/mol. The summed E-state index contributed by atoms with van der Waals surface area (Å²) in [5.74, 6) is 0.416. The van der Waals surface area contributed by atoms with Crippen molar-refractivity contribution in [3.8, 4) is 5.75 Å². The summed E-state index contributed by atoms with van der Waals surface area (Å²) >= 11 is 0. The van der Waals surface area contributed by atoms with E-state index in [2.05, 4.69) is 6.92 Å². The minimum Gasteiger partial charge on any atom is -0.507 e. The second-order valence-electron chi connectivity index (χ2n) is 7.48. The van der Waals surface area contributed by atoms with Crippen molar-refractivity contribution >= 4 is 0 Å². The Balaban J connectivity index is 1.89. The van der Waals surface area contributed by atoms with Crippen molar-refractivity contribution in [2.75, 3.05) is 0 Å². The molecule has 0 amide bonds. The number of unbranched alkanes of at least 4 members (excludes halogenated alkanes) is 13. The molecule has 0 aliphatic carbocycles. The number of phenolic OH excluding ortho intramolecular Hbond substituents is 1. The van der Waals surface area contributed by atoms with E-state index in [-0.39, 0.29) is 0 Å². The molecule has 144 valence electrons. The summed E-state index contributed by atoms with van der Waals surface area (Å²) in [6, 6.07) is 5.93. The molecule has 0 aromatic heterocycles. The third kappa shape index (κ3) is 10.5. The molecule has 0 fully saturated rings. The largest absolute Gasteiger partial charge is 0.507 e. The molecule has 0 spiro atoms. The Hall–Kier alpha value is -1.02. The molecule has 0 aliphatic rings. The average molecular weight is 348 g/mol. The Morgan fingerprint density at radius 2 is 1.12 bits per heavy atom. The second-order valence-corrected chi connectivity index (χ2v) is 7.48. The van der Waals surface area contributed by atoms with Crippen LogP contribution >= 0.6 is 0 Å². The van der Waals surface area contributed by atoms with Crippen LogP contribution in [0.15, 0.2) is 18.2 Å². The quantitative estimate of drug-likeness (QED) is 0.320. The van der Waals surface area contributed by atoms with Crippen LogP contribution in [0.25, 0.3) is 0 Å². The van der Waals surface area contributed by atoms with Gasteiger partial charge in [0.1, 0.15) is 5.75 Å². The molecule has 1 rings (SSSR count). The Kier molecular flexibility index (Phi) is 13.4. The first-order valence-electron chi connectivity index (χ1n) is 10.8. The van der Waals surface area contributed by atoms with Crippen molar-refractivity contribution in [1.82, 2.24) is 0 Å². The lowest BCUT2D eigenvalue weighted by atomic mass is 10.0. The van der Waals surface area contributed by atoms with Crippen LogP contribution in [0.5, 0.6) is 5.75 Å². The standard InChI is InChI=1S/C23H41NO/c1-2-3-4-5-6-7-8-9-10-11-12-13-14-15-17-21-18-16-19-22(20-24)23(21)25/h16,18-19,25H,2-15,17,20,24H2,1H3. The van der Waals surface area contributed by atoms with Crippen LogP contribution < -0.4 is 5.73 Å². The van der Waals surface area contributed by atoms with Crippen molar-refractivity contribution in [3.63, 3.8) is 0 Å². The molecule has 0 atom stereocenters. The maximum absolute atomic E-state index is 10.1. The Labute approximate surface area is 156 Å². The zero-order valence-electron chi connectivity index (χ0n) is 16.6. The van der Waals surface area contributed by atoms with Gasteiger partial charge in [0.05, 0.1) is 0 Å². The molecule has 1 aromatic rings. The molecule has 0 unspecified atom stereocenters. The number of aryl methyl sites for hydroxylation is 1. The summed E-state index contributed by atoms with van der Waals surface area (Å²) in [4.78, 5) is 0. The first-order valence-corrected chi connectivity index (χ1v) is 10.8. The highest BCUT2D eigenvalue weighted by Crippen LogP contribution is 2.24. The molecule has 1 aromatic carbocycles. The highest BCUT2D eigenvalue weighted by molar-refractivity contribution is 5.40. The van der Waals surface area contributed by atoms with Gasteiger partial charge in [-0.05, 0) is 18.4 Å². The van der Waals surface area contributed by atoms with E-state index in [9.17, 15) is 5.11 Å². The van der Waals surface area contributed by atoms with Gasteiger partial charge in [0, 0.05) is 12.1 Å². The molecule has 3 N–H and O–H groups in total. The number of hydrogen-bond donors (Lipinski definition) is 2. The van der Waals surface area contributed by atoms with Gasteiger partial charge in [-0.2, -0.15) is 0 Å². The van der Waals surface area contributed by atoms with Crippen LogP contribution in [0.1, 0.15) is 108 Å². The number of nitrogens with two attached hydrogens (primary N) is 1. The minimum absolute atomic E-state index is 0.415. The van der Waals surface area contributed by atoms with E-state index >= 15 is 0 Å². The van der Waals surface area contributed by atoms with Crippen molar-refractivity contribution in [1.29, 1.82) is 0 Å². The van der Waals surface area contributed by atoms with Crippen molar-refractivity contribution in [2.45, 2.75) is 110 Å². The van der Waals surface area contributed by atoms with E-state index in [1.807, 2.05) is 18.2 Å². The van der Waals surface area contributed by atoms with Crippen molar-refractivity contribution in [2.24, 2.45) is 5.73 Å². The average Bonchev–Trinajstić information content (AvgIpc) is 2.63. The second kappa shape index (κ2) is 15.3. The lowest BCUT2D eigenvalue weighted by Gasteiger charge is -2.08. The van der Waals surface area contributed by atoms with Gasteiger partial charge in [-0.1, -0.05) is 109 Å². The highest BCUT2D eigenvalue weighted by Gasteiger charge is 2.05. The zero-order valence-corrected chi connectivity index (χ0v) is 16.6. The molecule has 0 radical (unpaired) electrons. The maximum atomic E-state index is 10.1. The lowest BCUT2D eigenvalue weighted by molar-refractivity contribution is 0.459. The molecule has 0 aliphatic heterocycles. The van der Waals surface area contributed by atoms with Gasteiger partial charge >= 0.3 is 0 Å². The summed E-state index contributed by atoms with van der Waals surface area (Å²) in [5.41, 5.74) is 7.56. The van der Waals surface area contributed by atoms with Crippen LogP contribution in [0.4, 0.5) is 0 Å². The fraction of sp³-hybridized carbons (Fsp3) is 0.739. The molecule has 0 heterocycles. The van der Waals surface area contributed by atoms with E-state index in [4.69, 9.17) is 5.73 Å². The number of benzene rings is 1. The van der Waals surface area contributed by atoms with E-state index in [1.165, 1.54) is 89.9 Å². The van der Waals surface area contributed by atoms with E-state index < -0.39 is 0 Å². The summed E-state index contributed by atoms with van der Waals surface area (Å²) < 4.78 is 0. The van der Waals surface area contributed by atoms with E-state index in [0.29, 0.717) is 12.3 Å².